The van der Waals surface area contributed by atoms with Crippen molar-refractivity contribution in [3.8, 4) is 0 Å². The molecule has 0 aromatic rings. The fourth-order valence-electron chi connectivity index (χ4n) is 2.12. The Balaban J connectivity index is 2.03. The predicted octanol–water partition coefficient (Wildman–Crippen LogP) is -0.308. The van der Waals surface area contributed by atoms with Gasteiger partial charge in [-0.25, -0.2) is 4.79 Å². The average molecular weight is 286 g/mol. The van der Waals surface area contributed by atoms with Gasteiger partial charge in [0.2, 0.25) is 0 Å². The van der Waals surface area contributed by atoms with E-state index in [-0.39, 0.29) is 12.6 Å². The third-order valence-corrected chi connectivity index (χ3v) is 3.50. The van der Waals surface area contributed by atoms with Crippen LogP contribution >= 0.6 is 0 Å². The van der Waals surface area contributed by atoms with Gasteiger partial charge in [-0.1, -0.05) is 6.92 Å². The summed E-state index contributed by atoms with van der Waals surface area (Å²) < 4.78 is 0. The fourth-order valence-corrected chi connectivity index (χ4v) is 2.12. The summed E-state index contributed by atoms with van der Waals surface area (Å²) in [6.07, 6.45) is 1.42. The number of amides is 2. The first-order chi connectivity index (χ1) is 9.63. The SMILES string of the molecule is CCC(CNC(=O)NCCCN1CCNCC1)C(=O)O. The summed E-state index contributed by atoms with van der Waals surface area (Å²) in [6, 6.07) is -0.287. The Hall–Kier alpha value is -1.34. The fraction of sp³-hybridized carbons (Fsp3) is 0.846. The number of carbonyl (C=O) groups is 2. The van der Waals surface area contributed by atoms with E-state index in [4.69, 9.17) is 5.11 Å². The molecule has 1 heterocycles. The molecule has 20 heavy (non-hydrogen) atoms. The van der Waals surface area contributed by atoms with Crippen molar-refractivity contribution in [2.75, 3.05) is 45.8 Å². The van der Waals surface area contributed by atoms with Crippen LogP contribution in [0.4, 0.5) is 4.79 Å². The van der Waals surface area contributed by atoms with Gasteiger partial charge in [0.15, 0.2) is 0 Å². The first-order valence-corrected chi connectivity index (χ1v) is 7.31. The zero-order valence-electron chi connectivity index (χ0n) is 12.2. The Morgan fingerprint density at radius 2 is 2.00 bits per heavy atom. The van der Waals surface area contributed by atoms with Crippen LogP contribution in [0.2, 0.25) is 0 Å². The molecule has 0 aromatic heterocycles. The van der Waals surface area contributed by atoms with Crippen LogP contribution in [-0.4, -0.2) is 67.8 Å². The van der Waals surface area contributed by atoms with E-state index >= 15 is 0 Å². The van der Waals surface area contributed by atoms with Gasteiger partial charge in [0.1, 0.15) is 0 Å². The summed E-state index contributed by atoms with van der Waals surface area (Å²) in [7, 11) is 0. The number of hydrogen-bond acceptors (Lipinski definition) is 4. The van der Waals surface area contributed by atoms with Crippen molar-refractivity contribution < 1.29 is 14.7 Å². The van der Waals surface area contributed by atoms with Crippen molar-refractivity contribution in [1.29, 1.82) is 0 Å². The highest BCUT2D eigenvalue weighted by Gasteiger charge is 2.15. The number of carbonyl (C=O) groups excluding carboxylic acids is 1. The Morgan fingerprint density at radius 1 is 1.30 bits per heavy atom. The van der Waals surface area contributed by atoms with E-state index in [1.807, 2.05) is 0 Å². The zero-order valence-corrected chi connectivity index (χ0v) is 12.2. The van der Waals surface area contributed by atoms with Gasteiger partial charge in [0.25, 0.3) is 0 Å². The highest BCUT2D eigenvalue weighted by Crippen LogP contribution is 2.00. The van der Waals surface area contributed by atoms with Crippen LogP contribution in [-0.2, 0) is 4.79 Å². The molecule has 0 spiro atoms. The van der Waals surface area contributed by atoms with Gasteiger partial charge < -0.3 is 26.0 Å². The topological polar surface area (TPSA) is 93.7 Å². The summed E-state index contributed by atoms with van der Waals surface area (Å²) in [5, 5.41) is 17.5. The van der Waals surface area contributed by atoms with Gasteiger partial charge >= 0.3 is 12.0 Å². The highest BCUT2D eigenvalue weighted by atomic mass is 16.4. The lowest BCUT2D eigenvalue weighted by atomic mass is 10.1. The molecular formula is C13H26N4O3. The average Bonchev–Trinajstić information content (AvgIpc) is 2.45. The Morgan fingerprint density at radius 3 is 2.60 bits per heavy atom. The molecule has 2 amide bonds. The predicted molar refractivity (Wildman–Crippen MR) is 76.7 cm³/mol. The van der Waals surface area contributed by atoms with Crippen LogP contribution in [0.5, 0.6) is 0 Å². The van der Waals surface area contributed by atoms with Crippen LogP contribution < -0.4 is 16.0 Å². The number of hydrogen-bond donors (Lipinski definition) is 4. The molecular weight excluding hydrogens is 260 g/mol. The van der Waals surface area contributed by atoms with Crippen molar-refractivity contribution in [3.63, 3.8) is 0 Å². The third-order valence-electron chi connectivity index (χ3n) is 3.50. The molecule has 1 atom stereocenters. The molecule has 1 unspecified atom stereocenters. The number of carboxylic acid groups (broad SMARTS) is 1. The Kier molecular flexibility index (Phi) is 7.98. The maximum Gasteiger partial charge on any atom is 0.314 e. The van der Waals surface area contributed by atoms with Crippen LogP contribution in [0.1, 0.15) is 19.8 Å². The number of nitrogens with one attached hydrogen (secondary N) is 3. The minimum atomic E-state index is -0.869. The number of urea groups is 1. The van der Waals surface area contributed by atoms with E-state index in [1.165, 1.54) is 0 Å². The lowest BCUT2D eigenvalue weighted by Gasteiger charge is -2.27. The van der Waals surface area contributed by atoms with Crippen LogP contribution in [0, 0.1) is 5.92 Å². The third kappa shape index (κ3) is 6.72. The summed E-state index contributed by atoms with van der Waals surface area (Å²) in [4.78, 5) is 24.7. The second kappa shape index (κ2) is 9.55. The smallest absolute Gasteiger partial charge is 0.314 e. The van der Waals surface area contributed by atoms with Crippen molar-refractivity contribution >= 4 is 12.0 Å². The molecule has 4 N–H and O–H groups in total. The molecule has 0 aromatic carbocycles. The van der Waals surface area contributed by atoms with Crippen molar-refractivity contribution in [1.82, 2.24) is 20.9 Å². The maximum atomic E-state index is 11.5. The molecule has 116 valence electrons. The molecule has 1 aliphatic rings. The van der Waals surface area contributed by atoms with Gasteiger partial charge in [-0.05, 0) is 19.4 Å². The highest BCUT2D eigenvalue weighted by molar-refractivity contribution is 5.75. The normalized spacial score (nSPS) is 17.4. The van der Waals surface area contributed by atoms with E-state index in [0.717, 1.165) is 39.1 Å². The van der Waals surface area contributed by atoms with Gasteiger partial charge in [-0.15, -0.1) is 0 Å². The zero-order chi connectivity index (χ0) is 14.8. The van der Waals surface area contributed by atoms with Crippen LogP contribution in [0.15, 0.2) is 0 Å². The molecule has 1 saturated heterocycles. The van der Waals surface area contributed by atoms with E-state index in [2.05, 4.69) is 20.9 Å². The van der Waals surface area contributed by atoms with E-state index < -0.39 is 11.9 Å². The molecule has 1 rings (SSSR count). The second-order valence-electron chi connectivity index (χ2n) is 5.03. The van der Waals surface area contributed by atoms with Crippen molar-refractivity contribution in [3.05, 3.63) is 0 Å². The molecule has 0 aliphatic carbocycles. The lowest BCUT2D eigenvalue weighted by molar-refractivity contribution is -0.141. The molecule has 1 aliphatic heterocycles. The van der Waals surface area contributed by atoms with Gasteiger partial charge in [-0.2, -0.15) is 0 Å². The molecule has 7 heteroatoms. The summed E-state index contributed by atoms with van der Waals surface area (Å²) in [5.74, 6) is -1.38. The quantitative estimate of drug-likeness (QED) is 0.459. The second-order valence-corrected chi connectivity index (χ2v) is 5.03. The summed E-state index contributed by atoms with van der Waals surface area (Å²) in [5.41, 5.74) is 0. The van der Waals surface area contributed by atoms with E-state index in [9.17, 15) is 9.59 Å². The summed E-state index contributed by atoms with van der Waals surface area (Å²) in [6.45, 7) is 7.74. The number of carboxylic acids is 1. The first kappa shape index (κ1) is 16.7. The summed E-state index contributed by atoms with van der Waals surface area (Å²) >= 11 is 0. The molecule has 7 nitrogen and oxygen atoms in total. The van der Waals surface area contributed by atoms with Crippen molar-refractivity contribution in [2.45, 2.75) is 19.8 Å². The van der Waals surface area contributed by atoms with Crippen LogP contribution in [0.3, 0.4) is 0 Å². The lowest BCUT2D eigenvalue weighted by Crippen LogP contribution is -2.45. The Bertz CT molecular complexity index is 306. The molecule has 1 fully saturated rings. The molecule has 0 radical (unpaired) electrons. The number of piperazine rings is 1. The molecule has 0 saturated carbocycles. The van der Waals surface area contributed by atoms with Gasteiger partial charge in [0.05, 0.1) is 5.92 Å². The van der Waals surface area contributed by atoms with Gasteiger partial charge in [-0.3, -0.25) is 4.79 Å². The van der Waals surface area contributed by atoms with E-state index in [0.29, 0.717) is 13.0 Å². The minimum Gasteiger partial charge on any atom is -0.481 e. The van der Waals surface area contributed by atoms with Gasteiger partial charge in [0, 0.05) is 39.3 Å². The number of nitrogens with zero attached hydrogens (tertiary/aromatic N) is 1. The Labute approximate surface area is 120 Å². The molecule has 0 bridgehead atoms. The minimum absolute atomic E-state index is 0.176. The maximum absolute atomic E-state index is 11.5. The largest absolute Gasteiger partial charge is 0.481 e. The first-order valence-electron chi connectivity index (χ1n) is 7.31. The number of rotatable bonds is 8. The van der Waals surface area contributed by atoms with Crippen molar-refractivity contribution in [2.24, 2.45) is 5.92 Å². The monoisotopic (exact) mass is 286 g/mol. The standard InChI is InChI=1S/C13H26N4O3/c1-2-11(12(18)19)10-16-13(20)15-4-3-7-17-8-5-14-6-9-17/h11,14H,2-10H2,1H3,(H,18,19)(H2,15,16,20). The van der Waals surface area contributed by atoms with E-state index in [1.54, 1.807) is 6.92 Å². The van der Waals surface area contributed by atoms with Crippen LogP contribution in [0.25, 0.3) is 0 Å². The number of aliphatic carboxylic acids is 1.